The van der Waals surface area contributed by atoms with Crippen LogP contribution < -0.4 is 10.6 Å². The third-order valence-electron chi connectivity index (χ3n) is 3.80. The van der Waals surface area contributed by atoms with E-state index in [1.54, 1.807) is 24.4 Å². The molecule has 0 spiro atoms. The van der Waals surface area contributed by atoms with E-state index >= 15 is 0 Å². The number of aromatic amines is 1. The molecule has 0 radical (unpaired) electrons. The number of hydrogen-bond donors (Lipinski definition) is 3. The third-order valence-corrected chi connectivity index (χ3v) is 3.80. The predicted molar refractivity (Wildman–Crippen MR) is 97.2 cm³/mol. The van der Waals surface area contributed by atoms with E-state index in [4.69, 9.17) is 0 Å². The topological polar surface area (TPSA) is 99.8 Å². The zero-order valence-electron chi connectivity index (χ0n) is 14.3. The van der Waals surface area contributed by atoms with Gasteiger partial charge in [0.2, 0.25) is 5.91 Å². The molecule has 2 aromatic heterocycles. The van der Waals surface area contributed by atoms with Gasteiger partial charge in [-0.05, 0) is 24.1 Å². The molecular weight excluding hydrogens is 330 g/mol. The lowest BCUT2D eigenvalue weighted by Crippen LogP contribution is -2.37. The van der Waals surface area contributed by atoms with Gasteiger partial charge in [0.15, 0.2) is 0 Å². The average Bonchev–Trinajstić information content (AvgIpc) is 3.15. The fourth-order valence-electron chi connectivity index (χ4n) is 2.48. The molecule has 3 aromatic rings. The van der Waals surface area contributed by atoms with Crippen molar-refractivity contribution in [2.75, 3.05) is 5.32 Å². The third kappa shape index (κ3) is 4.54. The lowest BCUT2D eigenvalue weighted by atomic mass is 10.1. The first-order chi connectivity index (χ1) is 12.6. The van der Waals surface area contributed by atoms with E-state index in [2.05, 4.69) is 25.8 Å². The number of carbonyl (C=O) groups excluding carboxylic acids is 2. The smallest absolute Gasteiger partial charge is 0.252 e. The van der Waals surface area contributed by atoms with Gasteiger partial charge in [-0.25, -0.2) is 0 Å². The van der Waals surface area contributed by atoms with Crippen LogP contribution in [0.5, 0.6) is 0 Å². The number of amides is 2. The Morgan fingerprint density at radius 1 is 1.12 bits per heavy atom. The highest BCUT2D eigenvalue weighted by atomic mass is 16.2. The summed E-state index contributed by atoms with van der Waals surface area (Å²) in [6, 6.07) is 13.6. The molecule has 0 aliphatic heterocycles. The lowest BCUT2D eigenvalue weighted by Gasteiger charge is -2.18. The zero-order valence-corrected chi connectivity index (χ0v) is 14.3. The highest BCUT2D eigenvalue weighted by Gasteiger charge is 2.23. The molecule has 7 heteroatoms. The summed E-state index contributed by atoms with van der Waals surface area (Å²) in [4.78, 5) is 29.3. The molecule has 0 bridgehead atoms. The predicted octanol–water partition coefficient (Wildman–Crippen LogP) is 2.15. The van der Waals surface area contributed by atoms with Gasteiger partial charge in [0.1, 0.15) is 11.9 Å². The summed E-state index contributed by atoms with van der Waals surface area (Å²) in [7, 11) is 0. The molecule has 1 atom stereocenters. The number of aryl methyl sites for hydroxylation is 1. The number of anilines is 1. The van der Waals surface area contributed by atoms with E-state index in [1.165, 1.54) is 6.20 Å². The monoisotopic (exact) mass is 349 g/mol. The number of nitrogens with zero attached hydrogens (tertiary/aromatic N) is 2. The van der Waals surface area contributed by atoms with E-state index in [9.17, 15) is 9.59 Å². The van der Waals surface area contributed by atoms with E-state index in [0.717, 1.165) is 11.3 Å². The van der Waals surface area contributed by atoms with Gasteiger partial charge in [-0.2, -0.15) is 5.10 Å². The molecular formula is C19H19N5O2. The number of hydrogen-bond acceptors (Lipinski definition) is 4. The number of aromatic nitrogens is 3. The average molecular weight is 349 g/mol. The molecule has 2 amide bonds. The van der Waals surface area contributed by atoms with E-state index in [0.29, 0.717) is 11.4 Å². The van der Waals surface area contributed by atoms with Crippen LogP contribution in [0.4, 0.5) is 5.82 Å². The van der Waals surface area contributed by atoms with Crippen molar-refractivity contribution in [2.45, 2.75) is 19.4 Å². The lowest BCUT2D eigenvalue weighted by molar-refractivity contribution is -0.126. The fourth-order valence-corrected chi connectivity index (χ4v) is 2.48. The summed E-state index contributed by atoms with van der Waals surface area (Å²) in [6.45, 7) is 1.88. The van der Waals surface area contributed by atoms with Crippen LogP contribution in [0.15, 0.2) is 60.9 Å². The normalized spacial score (nSPS) is 11.6. The number of rotatable bonds is 6. The van der Waals surface area contributed by atoms with Crippen LogP contribution in [0.1, 0.15) is 22.9 Å². The van der Waals surface area contributed by atoms with Gasteiger partial charge in [-0.3, -0.25) is 19.7 Å². The maximum atomic E-state index is 12.7. The number of benzene rings is 1. The summed E-state index contributed by atoms with van der Waals surface area (Å²) in [5, 5.41) is 12.0. The maximum Gasteiger partial charge on any atom is 0.252 e. The van der Waals surface area contributed by atoms with Gasteiger partial charge in [-0.1, -0.05) is 36.4 Å². The van der Waals surface area contributed by atoms with Crippen molar-refractivity contribution < 1.29 is 9.59 Å². The largest absolute Gasteiger partial charge is 0.340 e. The maximum absolute atomic E-state index is 12.7. The second-order valence-corrected chi connectivity index (χ2v) is 5.86. The second-order valence-electron chi connectivity index (χ2n) is 5.86. The first-order valence-electron chi connectivity index (χ1n) is 8.18. The summed E-state index contributed by atoms with van der Waals surface area (Å²) < 4.78 is 0. The molecule has 26 heavy (non-hydrogen) atoms. The molecule has 132 valence electrons. The summed E-state index contributed by atoms with van der Waals surface area (Å²) in [5.74, 6) is -0.145. The minimum Gasteiger partial charge on any atom is -0.340 e. The van der Waals surface area contributed by atoms with Crippen LogP contribution in [0.3, 0.4) is 0 Å². The second kappa shape index (κ2) is 8.06. The van der Waals surface area contributed by atoms with E-state index in [-0.39, 0.29) is 18.2 Å². The molecule has 0 saturated heterocycles. The Balaban J connectivity index is 1.73. The summed E-state index contributed by atoms with van der Waals surface area (Å²) in [5.41, 5.74) is 2.36. The van der Waals surface area contributed by atoms with E-state index in [1.807, 2.05) is 37.3 Å². The molecule has 0 fully saturated rings. The van der Waals surface area contributed by atoms with Crippen molar-refractivity contribution in [1.29, 1.82) is 0 Å². The van der Waals surface area contributed by atoms with Crippen LogP contribution in [0.25, 0.3) is 0 Å². The Morgan fingerprint density at radius 2 is 1.92 bits per heavy atom. The van der Waals surface area contributed by atoms with Gasteiger partial charge in [0.05, 0.1) is 12.6 Å². The minimum atomic E-state index is -0.814. The zero-order chi connectivity index (χ0) is 18.4. The van der Waals surface area contributed by atoms with Crippen molar-refractivity contribution >= 4 is 17.6 Å². The Morgan fingerprint density at radius 3 is 2.58 bits per heavy atom. The molecule has 1 unspecified atom stereocenters. The van der Waals surface area contributed by atoms with Crippen molar-refractivity contribution in [1.82, 2.24) is 20.5 Å². The van der Waals surface area contributed by atoms with Crippen molar-refractivity contribution in [2.24, 2.45) is 0 Å². The SMILES string of the molecule is Cc1ccc(CC(=O)NC(C(=O)Nc2ccn[nH]2)c2ccccc2)cn1. The molecule has 0 aliphatic rings. The molecule has 0 aliphatic carbocycles. The quantitative estimate of drug-likeness (QED) is 0.635. The minimum absolute atomic E-state index is 0.147. The first kappa shape index (κ1) is 17.3. The number of nitrogens with one attached hydrogen (secondary N) is 3. The van der Waals surface area contributed by atoms with Crippen LogP contribution in [-0.2, 0) is 16.0 Å². The Labute approximate surface area is 150 Å². The molecule has 3 rings (SSSR count). The standard InChI is InChI=1S/C19H19N5O2/c1-13-7-8-14(12-20-13)11-17(25)23-18(15-5-3-2-4-6-15)19(26)22-16-9-10-21-24-16/h2-10,12,18H,11H2,1H3,(H,23,25)(H2,21,22,24,26). The fraction of sp³-hybridized carbons (Fsp3) is 0.158. The first-order valence-corrected chi connectivity index (χ1v) is 8.18. The van der Waals surface area contributed by atoms with Gasteiger partial charge in [-0.15, -0.1) is 0 Å². The van der Waals surface area contributed by atoms with Gasteiger partial charge >= 0.3 is 0 Å². The van der Waals surface area contributed by atoms with Gasteiger partial charge in [0.25, 0.3) is 5.91 Å². The molecule has 2 heterocycles. The molecule has 1 aromatic carbocycles. The van der Waals surface area contributed by atoms with Crippen LogP contribution in [-0.4, -0.2) is 27.0 Å². The van der Waals surface area contributed by atoms with Crippen molar-refractivity contribution in [3.63, 3.8) is 0 Å². The number of carbonyl (C=O) groups is 2. The highest BCUT2D eigenvalue weighted by molar-refractivity contribution is 5.97. The molecule has 0 saturated carbocycles. The van der Waals surface area contributed by atoms with Crippen molar-refractivity contribution in [3.8, 4) is 0 Å². The van der Waals surface area contributed by atoms with Crippen LogP contribution in [0.2, 0.25) is 0 Å². The summed E-state index contributed by atoms with van der Waals surface area (Å²) >= 11 is 0. The van der Waals surface area contributed by atoms with Gasteiger partial charge in [0, 0.05) is 18.0 Å². The van der Waals surface area contributed by atoms with E-state index < -0.39 is 6.04 Å². The number of H-pyrrole nitrogens is 1. The molecule has 7 nitrogen and oxygen atoms in total. The summed E-state index contributed by atoms with van der Waals surface area (Å²) in [6.07, 6.45) is 3.35. The Bertz CT molecular complexity index is 861. The van der Waals surface area contributed by atoms with Crippen LogP contribution >= 0.6 is 0 Å². The molecule has 3 N–H and O–H groups in total. The van der Waals surface area contributed by atoms with Crippen LogP contribution in [0, 0.1) is 6.92 Å². The Kier molecular flexibility index (Phi) is 5.38. The number of pyridine rings is 1. The highest BCUT2D eigenvalue weighted by Crippen LogP contribution is 2.15. The van der Waals surface area contributed by atoms with Gasteiger partial charge < -0.3 is 10.6 Å². The Hall–Kier alpha value is -3.48. The van der Waals surface area contributed by atoms with Crippen molar-refractivity contribution in [3.05, 3.63) is 77.7 Å².